The molecule has 0 heteroatoms. The highest BCUT2D eigenvalue weighted by molar-refractivity contribution is 5.77. The fraction of sp³-hybridized carbons (Fsp3) is 0.370. The topological polar surface area (TPSA) is 0 Å². The fourth-order valence-corrected chi connectivity index (χ4v) is 11.8. The molecule has 0 radical (unpaired) electrons. The van der Waals surface area contributed by atoms with Crippen molar-refractivity contribution in [2.75, 3.05) is 0 Å². The Morgan fingerprint density at radius 1 is 0.537 bits per heavy atom. The Morgan fingerprint density at radius 2 is 1.22 bits per heavy atom. The number of rotatable bonds is 2. The van der Waals surface area contributed by atoms with Gasteiger partial charge in [0, 0.05) is 23.7 Å². The van der Waals surface area contributed by atoms with Gasteiger partial charge in [-0.15, -0.1) is 0 Å². The number of hydrogen-bond donors (Lipinski definition) is 0. The summed E-state index contributed by atoms with van der Waals surface area (Å²) in [5.41, 5.74) is 28.5. The molecule has 54 heavy (non-hydrogen) atoms. The van der Waals surface area contributed by atoms with Gasteiger partial charge in [-0.2, -0.15) is 0 Å². The third-order valence-corrected chi connectivity index (χ3v) is 14.6. The van der Waals surface area contributed by atoms with Crippen LogP contribution in [0, 0.1) is 23.2 Å². The number of allylic oxidation sites excluding steroid dienone is 26. The predicted octanol–water partition coefficient (Wildman–Crippen LogP) is 14.1. The van der Waals surface area contributed by atoms with Crippen LogP contribution >= 0.6 is 0 Å². The van der Waals surface area contributed by atoms with E-state index >= 15 is 0 Å². The number of benzene rings is 1. The highest BCUT2D eigenvalue weighted by Gasteiger charge is 2.41. The van der Waals surface area contributed by atoms with Gasteiger partial charge in [-0.3, -0.25) is 0 Å². The Bertz CT molecular complexity index is 2430. The van der Waals surface area contributed by atoms with Crippen LogP contribution in [0.4, 0.5) is 0 Å². The first-order valence-corrected chi connectivity index (χ1v) is 21.1. The van der Waals surface area contributed by atoms with E-state index in [0.717, 1.165) is 6.42 Å². The molecule has 1 aromatic carbocycles. The van der Waals surface area contributed by atoms with Crippen LogP contribution in [-0.4, -0.2) is 0 Å². The van der Waals surface area contributed by atoms with Gasteiger partial charge in [0.05, 0.1) is 0 Å². The highest BCUT2D eigenvalue weighted by Crippen LogP contribution is 2.56. The molecule has 0 saturated carbocycles. The van der Waals surface area contributed by atoms with Gasteiger partial charge in [0.15, 0.2) is 0 Å². The molecule has 0 heterocycles. The first-order valence-electron chi connectivity index (χ1n) is 21.1. The maximum Gasteiger partial charge on any atom is 0.0205 e. The minimum absolute atomic E-state index is 0.145. The monoisotopic (exact) mass is 702 g/mol. The summed E-state index contributed by atoms with van der Waals surface area (Å²) in [7, 11) is 0. The van der Waals surface area contributed by atoms with Crippen molar-refractivity contribution in [2.45, 2.75) is 104 Å². The minimum Gasteiger partial charge on any atom is -0.0764 e. The van der Waals surface area contributed by atoms with Gasteiger partial charge in [0.1, 0.15) is 0 Å². The van der Waals surface area contributed by atoms with Crippen LogP contribution in [0.3, 0.4) is 0 Å². The van der Waals surface area contributed by atoms with E-state index in [0.29, 0.717) is 23.7 Å². The summed E-state index contributed by atoms with van der Waals surface area (Å²) in [6.07, 6.45) is 44.5. The average molecular weight is 703 g/mol. The molecule has 0 spiro atoms. The van der Waals surface area contributed by atoms with E-state index in [-0.39, 0.29) is 10.8 Å². The molecular weight excluding hydrogens is 649 g/mol. The first-order chi connectivity index (χ1) is 26.0. The van der Waals surface area contributed by atoms with E-state index in [1.165, 1.54) is 78.4 Å². The van der Waals surface area contributed by atoms with Gasteiger partial charge in [0.25, 0.3) is 0 Å². The molecule has 10 aliphatic rings. The minimum atomic E-state index is 0.145. The summed E-state index contributed by atoms with van der Waals surface area (Å²) in [5, 5.41) is 0. The molecule has 0 saturated heterocycles. The molecule has 270 valence electrons. The normalized spacial score (nSPS) is 28.8. The lowest BCUT2D eigenvalue weighted by molar-refractivity contribution is 0.489. The van der Waals surface area contributed by atoms with Crippen LogP contribution < -0.4 is 0 Å². The van der Waals surface area contributed by atoms with E-state index < -0.39 is 0 Å². The van der Waals surface area contributed by atoms with Crippen molar-refractivity contribution < 1.29 is 0 Å². The van der Waals surface area contributed by atoms with Gasteiger partial charge in [0.2, 0.25) is 0 Å². The van der Waals surface area contributed by atoms with E-state index in [1.807, 2.05) is 0 Å². The molecule has 10 aliphatic carbocycles. The Morgan fingerprint density at radius 3 is 1.98 bits per heavy atom. The Hall–Kier alpha value is -4.42. The molecule has 0 N–H and O–H groups in total. The molecular formula is C54H54. The Labute approximate surface area is 323 Å². The smallest absolute Gasteiger partial charge is 0.0205 e. The summed E-state index contributed by atoms with van der Waals surface area (Å²) in [4.78, 5) is 0. The highest BCUT2D eigenvalue weighted by atomic mass is 14.4. The Balaban J connectivity index is 0.907. The predicted molar refractivity (Wildman–Crippen MR) is 228 cm³/mol. The summed E-state index contributed by atoms with van der Waals surface area (Å²) in [5.74, 6) is 1.84. The second-order valence-corrected chi connectivity index (χ2v) is 19.7. The van der Waals surface area contributed by atoms with Crippen molar-refractivity contribution in [1.82, 2.24) is 0 Å². The van der Waals surface area contributed by atoms with E-state index in [1.54, 1.807) is 66.9 Å². The summed E-state index contributed by atoms with van der Waals surface area (Å²) in [6, 6.07) is 4.93. The first kappa shape index (κ1) is 33.0. The van der Waals surface area contributed by atoms with Crippen LogP contribution in [0.2, 0.25) is 0 Å². The van der Waals surface area contributed by atoms with E-state index in [9.17, 15) is 0 Å². The van der Waals surface area contributed by atoms with Crippen molar-refractivity contribution in [3.05, 3.63) is 185 Å². The maximum atomic E-state index is 2.67. The van der Waals surface area contributed by atoms with E-state index in [4.69, 9.17) is 0 Å². The van der Waals surface area contributed by atoms with Crippen molar-refractivity contribution in [3.8, 4) is 0 Å². The molecule has 4 unspecified atom stereocenters. The largest absolute Gasteiger partial charge is 0.0764 e. The van der Waals surface area contributed by atoms with Crippen molar-refractivity contribution in [3.63, 3.8) is 0 Å². The van der Waals surface area contributed by atoms with Crippen molar-refractivity contribution in [2.24, 2.45) is 23.2 Å². The standard InChI is InChI=1S/C54H54/c1-53(2,3)41-27-37-11-7-31-13-19-45(47-23-17-39(29-41)49(37)51(31)47)35-15-21-43-33(25-35)9-10-34-26-36(16-22-44(34)43)46-20-14-32-8-12-38-28-42(54(4,5)6)30-40-18-24-48(46)52(32)50(38)40/h7-8,11-13,17-19,23-30,38,47,50-51H,9-10,14-16,20-22H2,1-6H3. The summed E-state index contributed by atoms with van der Waals surface area (Å²) in [6.45, 7) is 14.1. The second-order valence-electron chi connectivity index (χ2n) is 19.7. The molecule has 0 amide bonds. The van der Waals surface area contributed by atoms with Crippen LogP contribution in [0.1, 0.15) is 121 Å². The SMILES string of the molecule is CC(C)(C)C1=CC2C=CC3=C4C(=C(C5=CC6=C(CC5)C5=C(C=C(C7=CC=C8C=Cc9cc(C(C)(C)C)cc%10c9C8C7C=C%10)CC5)CC6)CC3)C=CC(=C1)C42. The third kappa shape index (κ3) is 4.94. The average Bonchev–Trinajstić information content (AvgIpc) is 3.17. The summed E-state index contributed by atoms with van der Waals surface area (Å²) >= 11 is 0. The van der Waals surface area contributed by atoms with E-state index in [2.05, 4.69) is 139 Å². The lowest BCUT2D eigenvalue weighted by Crippen LogP contribution is -2.29. The lowest BCUT2D eigenvalue weighted by Gasteiger charge is -2.42. The molecule has 0 fully saturated rings. The van der Waals surface area contributed by atoms with Gasteiger partial charge < -0.3 is 0 Å². The zero-order valence-electron chi connectivity index (χ0n) is 33.2. The zero-order valence-corrected chi connectivity index (χ0v) is 33.2. The van der Waals surface area contributed by atoms with Crippen LogP contribution in [-0.2, 0) is 5.41 Å². The van der Waals surface area contributed by atoms with Crippen LogP contribution in [0.25, 0.3) is 12.2 Å². The van der Waals surface area contributed by atoms with Crippen LogP contribution in [0.15, 0.2) is 163 Å². The molecule has 4 atom stereocenters. The van der Waals surface area contributed by atoms with Gasteiger partial charge in [-0.25, -0.2) is 0 Å². The molecule has 0 bridgehead atoms. The summed E-state index contributed by atoms with van der Waals surface area (Å²) < 4.78 is 0. The molecule has 11 rings (SSSR count). The quantitative estimate of drug-likeness (QED) is 0.288. The van der Waals surface area contributed by atoms with Crippen molar-refractivity contribution in [1.29, 1.82) is 0 Å². The Kier molecular flexibility index (Phi) is 7.05. The van der Waals surface area contributed by atoms with Crippen LogP contribution in [0.5, 0.6) is 0 Å². The molecule has 0 aliphatic heterocycles. The third-order valence-electron chi connectivity index (χ3n) is 14.6. The second kappa shape index (κ2) is 11.6. The zero-order chi connectivity index (χ0) is 36.7. The fourth-order valence-electron chi connectivity index (χ4n) is 11.8. The maximum absolute atomic E-state index is 2.67. The van der Waals surface area contributed by atoms with Gasteiger partial charge in [-0.05, 0) is 162 Å². The number of fused-ring (bicyclic) bond motifs is 1. The van der Waals surface area contributed by atoms with Gasteiger partial charge >= 0.3 is 0 Å². The molecule has 0 nitrogen and oxygen atoms in total. The molecule has 0 aromatic heterocycles. The van der Waals surface area contributed by atoms with Gasteiger partial charge in [-0.1, -0.05) is 139 Å². The number of hydrogen-bond acceptors (Lipinski definition) is 0. The lowest BCUT2D eigenvalue weighted by atomic mass is 9.62. The molecule has 1 aromatic rings. The van der Waals surface area contributed by atoms with Crippen molar-refractivity contribution >= 4 is 12.2 Å².